The number of hydrogen-bond donors (Lipinski definition) is 2. The molecule has 0 amide bonds. The lowest BCUT2D eigenvalue weighted by Gasteiger charge is -2.20. The third-order valence-electron chi connectivity index (χ3n) is 2.47. The number of aromatic nitrogens is 3. The van der Waals surface area contributed by atoms with Crippen LogP contribution in [0.4, 0.5) is 5.95 Å². The van der Waals surface area contributed by atoms with Gasteiger partial charge in [-0.05, 0) is 28.1 Å². The Morgan fingerprint density at radius 3 is 2.94 bits per heavy atom. The molecule has 5 nitrogen and oxygen atoms in total. The van der Waals surface area contributed by atoms with Crippen molar-refractivity contribution < 1.29 is 5.11 Å². The first kappa shape index (κ1) is 12.3. The van der Waals surface area contributed by atoms with Gasteiger partial charge >= 0.3 is 0 Å². The molecule has 2 N–H and O–H groups in total. The van der Waals surface area contributed by atoms with Gasteiger partial charge in [0, 0.05) is 24.8 Å². The molecule has 0 fully saturated rings. The van der Waals surface area contributed by atoms with Crippen LogP contribution in [0.2, 0.25) is 0 Å². The Morgan fingerprint density at radius 1 is 1.53 bits per heavy atom. The zero-order valence-corrected chi connectivity index (χ0v) is 11.4. The van der Waals surface area contributed by atoms with E-state index in [4.69, 9.17) is 5.11 Å². The second-order valence-electron chi connectivity index (χ2n) is 4.74. The standard InChI is InChI=1S/C11H15BrN4O/c1-11(2,7-17)6-13-10-14-9-8(12)4-3-5-16(9)15-10/h3-5,17H,6-7H2,1-2H3,(H,13,15). The van der Waals surface area contributed by atoms with Gasteiger partial charge in [0.2, 0.25) is 5.95 Å². The van der Waals surface area contributed by atoms with E-state index >= 15 is 0 Å². The summed E-state index contributed by atoms with van der Waals surface area (Å²) in [6.07, 6.45) is 1.84. The fourth-order valence-corrected chi connectivity index (χ4v) is 1.75. The summed E-state index contributed by atoms with van der Waals surface area (Å²) >= 11 is 3.42. The SMILES string of the molecule is CC(C)(CO)CNc1nc2c(Br)cccn2n1. The topological polar surface area (TPSA) is 62.5 Å². The Morgan fingerprint density at radius 2 is 2.29 bits per heavy atom. The van der Waals surface area contributed by atoms with Gasteiger partial charge in [-0.2, -0.15) is 4.98 Å². The van der Waals surface area contributed by atoms with Crippen molar-refractivity contribution in [2.45, 2.75) is 13.8 Å². The Labute approximate surface area is 108 Å². The van der Waals surface area contributed by atoms with Crippen molar-refractivity contribution in [1.29, 1.82) is 0 Å². The van der Waals surface area contributed by atoms with E-state index in [1.807, 2.05) is 32.2 Å². The highest BCUT2D eigenvalue weighted by Gasteiger charge is 2.17. The van der Waals surface area contributed by atoms with Crippen LogP contribution < -0.4 is 5.32 Å². The maximum Gasteiger partial charge on any atom is 0.243 e. The predicted octanol–water partition coefficient (Wildman–Crippen LogP) is 1.92. The van der Waals surface area contributed by atoms with Crippen molar-refractivity contribution in [1.82, 2.24) is 14.6 Å². The second-order valence-corrected chi connectivity index (χ2v) is 5.59. The van der Waals surface area contributed by atoms with Crippen LogP contribution in [0.25, 0.3) is 5.65 Å². The summed E-state index contributed by atoms with van der Waals surface area (Å²) in [5, 5.41) is 16.6. The van der Waals surface area contributed by atoms with Crippen molar-refractivity contribution in [3.8, 4) is 0 Å². The van der Waals surface area contributed by atoms with Gasteiger partial charge < -0.3 is 10.4 Å². The highest BCUT2D eigenvalue weighted by atomic mass is 79.9. The molecule has 0 spiro atoms. The predicted molar refractivity (Wildman–Crippen MR) is 70.0 cm³/mol. The number of pyridine rings is 1. The van der Waals surface area contributed by atoms with E-state index in [9.17, 15) is 0 Å². The van der Waals surface area contributed by atoms with E-state index in [0.29, 0.717) is 12.5 Å². The third kappa shape index (κ3) is 2.76. The normalized spacial score (nSPS) is 12.0. The highest BCUT2D eigenvalue weighted by Crippen LogP contribution is 2.18. The molecule has 92 valence electrons. The molecule has 0 bridgehead atoms. The van der Waals surface area contributed by atoms with Crippen LogP contribution in [0.1, 0.15) is 13.8 Å². The minimum Gasteiger partial charge on any atom is -0.396 e. The summed E-state index contributed by atoms with van der Waals surface area (Å²) in [4.78, 5) is 4.36. The van der Waals surface area contributed by atoms with Crippen molar-refractivity contribution >= 4 is 27.5 Å². The molecule has 0 unspecified atom stereocenters. The van der Waals surface area contributed by atoms with Gasteiger partial charge in [-0.3, -0.25) is 0 Å². The van der Waals surface area contributed by atoms with Gasteiger partial charge in [-0.1, -0.05) is 13.8 Å². The summed E-state index contributed by atoms with van der Waals surface area (Å²) in [6.45, 7) is 4.70. The number of anilines is 1. The van der Waals surface area contributed by atoms with Crippen LogP contribution in [-0.2, 0) is 0 Å². The van der Waals surface area contributed by atoms with Gasteiger partial charge in [-0.15, -0.1) is 5.10 Å². The Balaban J connectivity index is 2.18. The van der Waals surface area contributed by atoms with Crippen molar-refractivity contribution in [2.75, 3.05) is 18.5 Å². The zero-order chi connectivity index (χ0) is 12.5. The Kier molecular flexibility index (Phi) is 3.35. The van der Waals surface area contributed by atoms with Crippen LogP contribution in [0.5, 0.6) is 0 Å². The van der Waals surface area contributed by atoms with Crippen molar-refractivity contribution in [3.05, 3.63) is 22.8 Å². The quantitative estimate of drug-likeness (QED) is 0.905. The number of nitrogens with one attached hydrogen (secondary N) is 1. The van der Waals surface area contributed by atoms with Crippen LogP contribution in [0.15, 0.2) is 22.8 Å². The molecule has 0 aliphatic rings. The number of nitrogens with zero attached hydrogens (tertiary/aromatic N) is 3. The average molecular weight is 299 g/mol. The van der Waals surface area contributed by atoms with E-state index in [1.54, 1.807) is 4.52 Å². The smallest absolute Gasteiger partial charge is 0.243 e. The Bertz CT molecular complexity index is 523. The first-order chi connectivity index (χ1) is 8.02. The molecule has 17 heavy (non-hydrogen) atoms. The average Bonchev–Trinajstić information content (AvgIpc) is 2.71. The molecule has 2 heterocycles. The number of aliphatic hydroxyl groups excluding tert-OH is 1. The summed E-state index contributed by atoms with van der Waals surface area (Å²) in [6, 6.07) is 3.82. The van der Waals surface area contributed by atoms with Gasteiger partial charge in [0.05, 0.1) is 4.47 Å². The van der Waals surface area contributed by atoms with Crippen molar-refractivity contribution in [3.63, 3.8) is 0 Å². The molecule has 0 saturated heterocycles. The maximum absolute atomic E-state index is 9.16. The lowest BCUT2D eigenvalue weighted by Crippen LogP contribution is -2.27. The summed E-state index contributed by atoms with van der Waals surface area (Å²) < 4.78 is 2.61. The summed E-state index contributed by atoms with van der Waals surface area (Å²) in [5.74, 6) is 0.568. The van der Waals surface area contributed by atoms with Crippen molar-refractivity contribution in [2.24, 2.45) is 5.41 Å². The second kappa shape index (κ2) is 4.62. The number of halogens is 1. The molecular weight excluding hydrogens is 284 g/mol. The third-order valence-corrected chi connectivity index (χ3v) is 3.09. The number of fused-ring (bicyclic) bond motifs is 1. The van der Waals surface area contributed by atoms with Crippen LogP contribution >= 0.6 is 15.9 Å². The number of aliphatic hydroxyl groups is 1. The molecule has 0 aliphatic heterocycles. The molecule has 0 saturated carbocycles. The number of rotatable bonds is 4. The number of hydrogen-bond acceptors (Lipinski definition) is 4. The molecule has 0 atom stereocenters. The van der Waals surface area contributed by atoms with E-state index < -0.39 is 0 Å². The molecule has 2 rings (SSSR count). The minimum absolute atomic E-state index is 0.122. The molecule has 0 aliphatic carbocycles. The first-order valence-electron chi connectivity index (χ1n) is 5.37. The van der Waals surface area contributed by atoms with Crippen LogP contribution in [0, 0.1) is 5.41 Å². The lowest BCUT2D eigenvalue weighted by molar-refractivity contribution is 0.170. The van der Waals surface area contributed by atoms with E-state index in [2.05, 4.69) is 31.3 Å². The van der Waals surface area contributed by atoms with Gasteiger partial charge in [0.25, 0.3) is 0 Å². The molecular formula is C11H15BrN4O. The first-order valence-corrected chi connectivity index (χ1v) is 6.17. The van der Waals surface area contributed by atoms with E-state index in [-0.39, 0.29) is 12.0 Å². The summed E-state index contributed by atoms with van der Waals surface area (Å²) in [7, 11) is 0. The fraction of sp³-hybridized carbons (Fsp3) is 0.455. The monoisotopic (exact) mass is 298 g/mol. The minimum atomic E-state index is -0.186. The van der Waals surface area contributed by atoms with E-state index in [1.165, 1.54) is 0 Å². The molecule has 0 radical (unpaired) electrons. The molecule has 2 aromatic rings. The maximum atomic E-state index is 9.16. The lowest BCUT2D eigenvalue weighted by atomic mass is 9.95. The van der Waals surface area contributed by atoms with Crippen LogP contribution in [0.3, 0.4) is 0 Å². The molecule has 6 heteroatoms. The van der Waals surface area contributed by atoms with Gasteiger partial charge in [-0.25, -0.2) is 4.52 Å². The van der Waals surface area contributed by atoms with Crippen LogP contribution in [-0.4, -0.2) is 32.9 Å². The largest absolute Gasteiger partial charge is 0.396 e. The molecule has 2 aromatic heterocycles. The Hall–Kier alpha value is -1.14. The van der Waals surface area contributed by atoms with Gasteiger partial charge in [0.1, 0.15) is 0 Å². The summed E-state index contributed by atoms with van der Waals surface area (Å²) in [5.41, 5.74) is 0.589. The zero-order valence-electron chi connectivity index (χ0n) is 9.81. The van der Waals surface area contributed by atoms with Gasteiger partial charge in [0.15, 0.2) is 5.65 Å². The highest BCUT2D eigenvalue weighted by molar-refractivity contribution is 9.10. The fourth-order valence-electron chi connectivity index (χ4n) is 1.32. The molecule has 0 aromatic carbocycles. The van der Waals surface area contributed by atoms with E-state index in [0.717, 1.165) is 10.1 Å².